The summed E-state index contributed by atoms with van der Waals surface area (Å²) in [6, 6.07) is 7.31. The highest BCUT2D eigenvalue weighted by Gasteiger charge is 2.10. The van der Waals surface area contributed by atoms with E-state index in [1.807, 2.05) is 31.2 Å². The van der Waals surface area contributed by atoms with E-state index in [1.165, 1.54) is 11.8 Å². The lowest BCUT2D eigenvalue weighted by atomic mass is 10.2. The zero-order valence-corrected chi connectivity index (χ0v) is 14.4. The first-order valence-corrected chi connectivity index (χ1v) is 8.73. The van der Waals surface area contributed by atoms with Gasteiger partial charge in [0.1, 0.15) is 6.42 Å². The van der Waals surface area contributed by atoms with Gasteiger partial charge < -0.3 is 10.1 Å². The number of benzene rings is 1. The Labute approximate surface area is 141 Å². The first kappa shape index (κ1) is 19.2. The third kappa shape index (κ3) is 8.40. The third-order valence-electron chi connectivity index (χ3n) is 2.94. The molecule has 1 aromatic rings. The van der Waals surface area contributed by atoms with Crippen LogP contribution in [0.1, 0.15) is 39.5 Å². The Balaban J connectivity index is 2.37. The minimum absolute atomic E-state index is 0.0110. The number of Topliss-reactive ketones (excluding diaryl/α,β-unsaturated/α-hetero) is 1. The molecule has 5 nitrogen and oxygen atoms in total. The zero-order chi connectivity index (χ0) is 17.1. The third-order valence-corrected chi connectivity index (χ3v) is 4.01. The van der Waals surface area contributed by atoms with Gasteiger partial charge >= 0.3 is 5.97 Å². The maximum absolute atomic E-state index is 11.6. The first-order valence-electron chi connectivity index (χ1n) is 7.75. The van der Waals surface area contributed by atoms with Crippen LogP contribution in [0.5, 0.6) is 0 Å². The van der Waals surface area contributed by atoms with E-state index in [0.717, 1.165) is 23.4 Å². The maximum Gasteiger partial charge on any atom is 0.313 e. The summed E-state index contributed by atoms with van der Waals surface area (Å²) in [6.45, 7) is 4.03. The van der Waals surface area contributed by atoms with Crippen molar-refractivity contribution in [2.24, 2.45) is 0 Å². The average Bonchev–Trinajstić information content (AvgIpc) is 2.52. The van der Waals surface area contributed by atoms with E-state index in [0.29, 0.717) is 6.42 Å². The Morgan fingerprint density at radius 3 is 2.43 bits per heavy atom. The molecule has 0 fully saturated rings. The number of unbranched alkanes of at least 4 members (excludes halogenated alkanes) is 1. The summed E-state index contributed by atoms with van der Waals surface area (Å²) in [6.07, 6.45) is 2.20. The molecule has 0 aliphatic carbocycles. The normalized spacial score (nSPS) is 10.2. The van der Waals surface area contributed by atoms with E-state index >= 15 is 0 Å². The molecule has 1 rings (SSSR count). The molecule has 0 aliphatic heterocycles. The highest BCUT2D eigenvalue weighted by atomic mass is 32.2. The number of ether oxygens (including phenoxy) is 1. The van der Waals surface area contributed by atoms with E-state index in [9.17, 15) is 14.4 Å². The lowest BCUT2D eigenvalue weighted by molar-refractivity contribution is -0.145. The highest BCUT2D eigenvalue weighted by Crippen LogP contribution is 2.21. The molecule has 0 radical (unpaired) electrons. The number of ketones is 1. The van der Waals surface area contributed by atoms with Gasteiger partial charge in [-0.3, -0.25) is 14.4 Å². The lowest BCUT2D eigenvalue weighted by Gasteiger charge is -2.06. The average molecular weight is 337 g/mol. The number of amides is 1. The van der Waals surface area contributed by atoms with E-state index in [2.05, 4.69) is 5.32 Å². The summed E-state index contributed by atoms with van der Waals surface area (Å²) in [5.74, 6) is -0.411. The van der Waals surface area contributed by atoms with E-state index < -0.39 is 5.97 Å². The quantitative estimate of drug-likeness (QED) is 0.402. The second kappa shape index (κ2) is 10.8. The summed E-state index contributed by atoms with van der Waals surface area (Å²) in [5, 5.41) is 2.83. The number of nitrogens with one attached hydrogen (secondary N) is 1. The minimum Gasteiger partial charge on any atom is -0.466 e. The van der Waals surface area contributed by atoms with Crippen molar-refractivity contribution in [1.82, 2.24) is 0 Å². The van der Waals surface area contributed by atoms with Crippen molar-refractivity contribution in [3.63, 3.8) is 0 Å². The molecule has 1 aromatic carbocycles. The molecule has 0 bridgehead atoms. The molecule has 0 saturated heterocycles. The van der Waals surface area contributed by atoms with Crippen molar-refractivity contribution < 1.29 is 19.1 Å². The van der Waals surface area contributed by atoms with Gasteiger partial charge in [-0.2, -0.15) is 0 Å². The summed E-state index contributed by atoms with van der Waals surface area (Å²) < 4.78 is 4.74. The van der Waals surface area contributed by atoms with E-state index in [1.54, 1.807) is 6.92 Å². The number of hydrogen-bond acceptors (Lipinski definition) is 5. The Morgan fingerprint density at radius 2 is 1.83 bits per heavy atom. The number of esters is 1. The maximum atomic E-state index is 11.6. The van der Waals surface area contributed by atoms with E-state index in [-0.39, 0.29) is 30.5 Å². The molecule has 126 valence electrons. The number of hydrogen-bond donors (Lipinski definition) is 1. The van der Waals surface area contributed by atoms with Gasteiger partial charge in [0.05, 0.1) is 12.4 Å². The number of carbonyl (C=O) groups excluding carboxylic acids is 3. The van der Waals surface area contributed by atoms with Crippen LogP contribution in [0.2, 0.25) is 0 Å². The molecule has 0 atom stereocenters. The Kier molecular flexibility index (Phi) is 9.05. The molecule has 0 spiro atoms. The van der Waals surface area contributed by atoms with Gasteiger partial charge in [0.15, 0.2) is 5.78 Å². The van der Waals surface area contributed by atoms with Crippen LogP contribution < -0.4 is 5.32 Å². The van der Waals surface area contributed by atoms with Crippen molar-refractivity contribution in [3.05, 3.63) is 24.3 Å². The zero-order valence-electron chi connectivity index (χ0n) is 13.6. The van der Waals surface area contributed by atoms with Crippen LogP contribution in [-0.4, -0.2) is 30.0 Å². The highest BCUT2D eigenvalue weighted by molar-refractivity contribution is 8.00. The molecule has 0 unspecified atom stereocenters. The summed E-state index contributed by atoms with van der Waals surface area (Å²) in [7, 11) is 0. The van der Waals surface area contributed by atoms with Gasteiger partial charge in [-0.25, -0.2) is 0 Å². The molecule has 0 saturated carbocycles. The fourth-order valence-corrected chi connectivity index (χ4v) is 2.54. The van der Waals surface area contributed by atoms with Gasteiger partial charge in [0, 0.05) is 17.0 Å². The minimum atomic E-state index is -0.483. The predicted molar refractivity (Wildman–Crippen MR) is 91.6 cm³/mol. The van der Waals surface area contributed by atoms with Gasteiger partial charge in [-0.15, -0.1) is 11.8 Å². The predicted octanol–water partition coefficient (Wildman–Crippen LogP) is 3.43. The van der Waals surface area contributed by atoms with E-state index in [4.69, 9.17) is 4.74 Å². The number of anilines is 1. The Morgan fingerprint density at radius 1 is 1.13 bits per heavy atom. The molecule has 6 heteroatoms. The molecular weight excluding hydrogens is 314 g/mol. The van der Waals surface area contributed by atoms with Crippen LogP contribution >= 0.6 is 11.8 Å². The fourth-order valence-electron chi connectivity index (χ4n) is 1.78. The molecular formula is C17H23NO4S. The SMILES string of the molecule is CCCCC(=O)Nc1ccc(SCC(=O)CC(=O)OCC)cc1. The monoisotopic (exact) mass is 337 g/mol. The largest absolute Gasteiger partial charge is 0.466 e. The van der Waals surface area contributed by atoms with Crippen LogP contribution in [0, 0.1) is 0 Å². The number of thioether (sulfide) groups is 1. The molecule has 23 heavy (non-hydrogen) atoms. The molecule has 0 aliphatic rings. The van der Waals surface area contributed by atoms with Crippen LogP contribution in [0.25, 0.3) is 0 Å². The van der Waals surface area contributed by atoms with Crippen LogP contribution in [-0.2, 0) is 19.1 Å². The number of rotatable bonds is 10. The summed E-state index contributed by atoms with van der Waals surface area (Å²) in [4.78, 5) is 35.4. The standard InChI is InChI=1S/C17H23NO4S/c1-3-5-6-16(20)18-13-7-9-15(10-8-13)23-12-14(19)11-17(21)22-4-2/h7-10H,3-6,11-12H2,1-2H3,(H,18,20). The molecule has 1 amide bonds. The second-order valence-corrected chi connectivity index (χ2v) is 6.03. The van der Waals surface area contributed by atoms with Gasteiger partial charge in [0.2, 0.25) is 5.91 Å². The molecule has 1 N–H and O–H groups in total. The van der Waals surface area contributed by atoms with Crippen LogP contribution in [0.15, 0.2) is 29.2 Å². The summed E-state index contributed by atoms with van der Waals surface area (Å²) in [5.41, 5.74) is 0.744. The lowest BCUT2D eigenvalue weighted by Crippen LogP contribution is -2.12. The Hall–Kier alpha value is -1.82. The first-order chi connectivity index (χ1) is 11.0. The van der Waals surface area contributed by atoms with Gasteiger partial charge in [-0.1, -0.05) is 13.3 Å². The van der Waals surface area contributed by atoms with Crippen molar-refractivity contribution in [3.8, 4) is 0 Å². The molecule has 0 aromatic heterocycles. The number of carbonyl (C=O) groups is 3. The van der Waals surface area contributed by atoms with Crippen molar-refractivity contribution in [1.29, 1.82) is 0 Å². The van der Waals surface area contributed by atoms with Gasteiger partial charge in [0.25, 0.3) is 0 Å². The Bertz CT molecular complexity index is 528. The summed E-state index contributed by atoms with van der Waals surface area (Å²) >= 11 is 1.36. The smallest absolute Gasteiger partial charge is 0.313 e. The fraction of sp³-hybridized carbons (Fsp3) is 0.471. The van der Waals surface area contributed by atoms with Crippen LogP contribution in [0.4, 0.5) is 5.69 Å². The second-order valence-electron chi connectivity index (χ2n) is 4.99. The molecule has 0 heterocycles. The van der Waals surface area contributed by atoms with Gasteiger partial charge in [-0.05, 0) is 37.6 Å². The van der Waals surface area contributed by atoms with Crippen molar-refractivity contribution in [2.75, 3.05) is 17.7 Å². The van der Waals surface area contributed by atoms with Crippen LogP contribution in [0.3, 0.4) is 0 Å². The van der Waals surface area contributed by atoms with Crippen molar-refractivity contribution in [2.45, 2.75) is 44.4 Å². The topological polar surface area (TPSA) is 72.5 Å². The van der Waals surface area contributed by atoms with Crippen molar-refractivity contribution >= 4 is 35.1 Å².